The van der Waals surface area contributed by atoms with Crippen molar-refractivity contribution in [2.24, 2.45) is 0 Å². The highest BCUT2D eigenvalue weighted by molar-refractivity contribution is 5.71. The Kier molecular flexibility index (Phi) is 61.4. The Morgan fingerprint density at radius 3 is 0.782 bits per heavy atom. The van der Waals surface area contributed by atoms with Crippen molar-refractivity contribution in [2.45, 2.75) is 290 Å². The Labute approximate surface area is 481 Å². The van der Waals surface area contributed by atoms with E-state index < -0.39 is 6.10 Å². The van der Waals surface area contributed by atoms with Crippen molar-refractivity contribution < 1.29 is 28.6 Å². The van der Waals surface area contributed by atoms with E-state index in [0.717, 1.165) is 154 Å². The van der Waals surface area contributed by atoms with Gasteiger partial charge in [0.15, 0.2) is 6.10 Å². The van der Waals surface area contributed by atoms with Crippen LogP contribution in [-0.2, 0) is 28.6 Å². The topological polar surface area (TPSA) is 78.9 Å². The number of rotatable bonds is 57. The summed E-state index contributed by atoms with van der Waals surface area (Å²) in [5.41, 5.74) is 0. The van der Waals surface area contributed by atoms with Crippen molar-refractivity contribution >= 4 is 17.9 Å². The molecule has 0 saturated heterocycles. The molecule has 442 valence electrons. The van der Waals surface area contributed by atoms with Gasteiger partial charge in [-0.3, -0.25) is 14.4 Å². The van der Waals surface area contributed by atoms with Crippen LogP contribution in [0.4, 0.5) is 0 Å². The molecule has 0 heterocycles. The van der Waals surface area contributed by atoms with E-state index in [1.807, 2.05) is 0 Å². The molecule has 78 heavy (non-hydrogen) atoms. The fraction of sp³-hybridized carbons (Fsp3) is 0.653. The Balaban J connectivity index is 4.18. The van der Waals surface area contributed by atoms with E-state index in [9.17, 15) is 14.4 Å². The van der Waals surface area contributed by atoms with Gasteiger partial charge in [-0.15, -0.1) is 0 Å². The Morgan fingerprint density at radius 2 is 0.500 bits per heavy atom. The van der Waals surface area contributed by atoms with Crippen LogP contribution < -0.4 is 0 Å². The highest BCUT2D eigenvalue weighted by Gasteiger charge is 2.19. The largest absolute Gasteiger partial charge is 0.462 e. The van der Waals surface area contributed by atoms with E-state index in [-0.39, 0.29) is 31.1 Å². The highest BCUT2D eigenvalue weighted by Crippen LogP contribution is 2.15. The molecule has 0 N–H and O–H groups in total. The van der Waals surface area contributed by atoms with Gasteiger partial charge in [0.25, 0.3) is 0 Å². The fourth-order valence-electron chi connectivity index (χ4n) is 8.65. The summed E-state index contributed by atoms with van der Waals surface area (Å²) < 4.78 is 16.9. The van der Waals surface area contributed by atoms with Gasteiger partial charge in [0.05, 0.1) is 0 Å². The van der Waals surface area contributed by atoms with E-state index in [4.69, 9.17) is 14.2 Å². The van der Waals surface area contributed by atoms with Gasteiger partial charge in [0, 0.05) is 19.3 Å². The van der Waals surface area contributed by atoms with Crippen molar-refractivity contribution in [3.8, 4) is 0 Å². The highest BCUT2D eigenvalue weighted by atomic mass is 16.6. The minimum atomic E-state index is -0.790. The summed E-state index contributed by atoms with van der Waals surface area (Å²) in [7, 11) is 0. The fourth-order valence-corrected chi connectivity index (χ4v) is 8.65. The van der Waals surface area contributed by atoms with E-state index in [0.29, 0.717) is 19.3 Å². The maximum absolute atomic E-state index is 12.8. The number of hydrogen-bond acceptors (Lipinski definition) is 6. The SMILES string of the molecule is CC/C=C\C/C=C\C/C=C\C/C=C\C/C=C\C/C=C\C/C=C\C/C=C\CCCCCCCCCCCCC(=O)OCC(COC(=O)CCCCCCCCCCCC)OC(=O)CCCCCCC/C=C\C/C=C\C/C=C\CC. The molecule has 0 spiro atoms. The summed E-state index contributed by atoms with van der Waals surface area (Å²) in [5.74, 6) is -0.908. The molecule has 0 aliphatic carbocycles. The molecule has 0 aliphatic heterocycles. The first-order valence-corrected chi connectivity index (χ1v) is 32.2. The zero-order chi connectivity index (χ0) is 56.4. The molecule has 0 aromatic rings. The molecule has 0 radical (unpaired) electrons. The van der Waals surface area contributed by atoms with Crippen LogP contribution in [0.25, 0.3) is 0 Å². The number of carbonyl (C=O) groups excluding carboxylic acids is 3. The Hall–Kier alpha value is -4.45. The molecule has 0 rings (SSSR count). The number of unbranched alkanes of at least 4 members (excludes halogenated alkanes) is 24. The molecule has 6 nitrogen and oxygen atoms in total. The van der Waals surface area contributed by atoms with Crippen LogP contribution in [0.1, 0.15) is 284 Å². The molecule has 0 aromatic carbocycles. The van der Waals surface area contributed by atoms with E-state index >= 15 is 0 Å². The molecule has 1 unspecified atom stereocenters. The maximum atomic E-state index is 12.8. The monoisotopic (exact) mass is 1080 g/mol. The lowest BCUT2D eigenvalue weighted by Gasteiger charge is -2.18. The summed E-state index contributed by atoms with van der Waals surface area (Å²) in [6.45, 7) is 6.39. The zero-order valence-electron chi connectivity index (χ0n) is 50.6. The van der Waals surface area contributed by atoms with E-state index in [2.05, 4.69) is 154 Å². The minimum absolute atomic E-state index is 0.0863. The zero-order valence-corrected chi connectivity index (χ0v) is 50.6. The van der Waals surface area contributed by atoms with E-state index in [1.54, 1.807) is 0 Å². The lowest BCUT2D eigenvalue weighted by Crippen LogP contribution is -2.30. The number of carbonyl (C=O) groups is 3. The lowest BCUT2D eigenvalue weighted by molar-refractivity contribution is -0.167. The number of allylic oxidation sites excluding steroid dienone is 22. The van der Waals surface area contributed by atoms with Crippen molar-refractivity contribution in [3.63, 3.8) is 0 Å². The summed E-state index contributed by atoms with van der Waals surface area (Å²) in [6.07, 6.45) is 91.8. The first-order chi connectivity index (χ1) is 38.5. The number of hydrogen-bond donors (Lipinski definition) is 0. The molecular formula is C72H118O6. The van der Waals surface area contributed by atoms with Crippen LogP contribution >= 0.6 is 0 Å². The summed E-state index contributed by atoms with van der Waals surface area (Å²) >= 11 is 0. The third kappa shape index (κ3) is 62.4. The summed E-state index contributed by atoms with van der Waals surface area (Å²) in [6, 6.07) is 0. The lowest BCUT2D eigenvalue weighted by atomic mass is 10.1. The first kappa shape index (κ1) is 73.5. The van der Waals surface area contributed by atoms with Crippen molar-refractivity contribution in [2.75, 3.05) is 13.2 Å². The predicted octanol–water partition coefficient (Wildman–Crippen LogP) is 22.2. The van der Waals surface area contributed by atoms with Crippen LogP contribution in [0.5, 0.6) is 0 Å². The van der Waals surface area contributed by atoms with Gasteiger partial charge in [-0.25, -0.2) is 0 Å². The van der Waals surface area contributed by atoms with Gasteiger partial charge in [-0.1, -0.05) is 283 Å². The molecule has 6 heteroatoms. The van der Waals surface area contributed by atoms with E-state index in [1.165, 1.54) is 89.9 Å². The Morgan fingerprint density at radius 1 is 0.269 bits per heavy atom. The maximum Gasteiger partial charge on any atom is 0.306 e. The second kappa shape index (κ2) is 65.1. The second-order valence-electron chi connectivity index (χ2n) is 20.9. The molecule has 0 bridgehead atoms. The predicted molar refractivity (Wildman–Crippen MR) is 339 cm³/mol. The van der Waals surface area contributed by atoms with Crippen molar-refractivity contribution in [3.05, 3.63) is 134 Å². The Bertz CT molecular complexity index is 1670. The van der Waals surface area contributed by atoms with Gasteiger partial charge in [0.1, 0.15) is 13.2 Å². The van der Waals surface area contributed by atoms with Crippen LogP contribution in [0.2, 0.25) is 0 Å². The van der Waals surface area contributed by atoms with Crippen molar-refractivity contribution in [1.29, 1.82) is 0 Å². The minimum Gasteiger partial charge on any atom is -0.462 e. The third-order valence-electron chi connectivity index (χ3n) is 13.4. The second-order valence-corrected chi connectivity index (χ2v) is 20.9. The first-order valence-electron chi connectivity index (χ1n) is 32.2. The van der Waals surface area contributed by atoms with Crippen LogP contribution in [0, 0.1) is 0 Å². The molecule has 0 fully saturated rings. The smallest absolute Gasteiger partial charge is 0.306 e. The third-order valence-corrected chi connectivity index (χ3v) is 13.4. The molecule has 0 aromatic heterocycles. The molecule has 1 atom stereocenters. The van der Waals surface area contributed by atoms with Gasteiger partial charge in [0.2, 0.25) is 0 Å². The van der Waals surface area contributed by atoms with Gasteiger partial charge < -0.3 is 14.2 Å². The van der Waals surface area contributed by atoms with Gasteiger partial charge in [-0.2, -0.15) is 0 Å². The normalized spacial score (nSPS) is 13.0. The van der Waals surface area contributed by atoms with Crippen LogP contribution in [0.15, 0.2) is 134 Å². The van der Waals surface area contributed by atoms with Crippen LogP contribution in [-0.4, -0.2) is 37.2 Å². The quantitative estimate of drug-likeness (QED) is 0.0261. The average molecular weight is 1080 g/mol. The molecule has 0 amide bonds. The standard InChI is InChI=1S/C72H118O6/c1-4-7-10-13-16-19-22-24-26-27-28-29-30-31-32-33-34-35-36-37-38-39-40-41-42-43-44-45-47-48-50-53-56-59-62-65-71(74)77-68-69(67-76-70(73)64-61-58-55-52-21-18-15-12-9-6-3)78-72(75)66-63-60-57-54-51-49-46-25-23-20-17-14-11-8-5-2/h7-8,10-11,16-17,19-20,24-26,28-29,31-32,34-35,37-38,40-41,46,69H,4-6,9,12-15,18,21-23,27,30,33,36,39,42-45,47-68H2,1-3H3/b10-7-,11-8-,19-16-,20-17-,26-24-,29-28-,32-31-,35-34-,38-37-,41-40-,46-25-. The molecule has 0 aliphatic rings. The number of ether oxygens (including phenoxy) is 3. The summed E-state index contributed by atoms with van der Waals surface area (Å²) in [5, 5.41) is 0. The molecular weight excluding hydrogens is 961 g/mol. The van der Waals surface area contributed by atoms with Crippen molar-refractivity contribution in [1.82, 2.24) is 0 Å². The number of esters is 3. The van der Waals surface area contributed by atoms with Gasteiger partial charge in [-0.05, 0) is 116 Å². The average Bonchev–Trinajstić information content (AvgIpc) is 3.44. The van der Waals surface area contributed by atoms with Gasteiger partial charge >= 0.3 is 17.9 Å². The molecule has 0 saturated carbocycles. The van der Waals surface area contributed by atoms with Crippen LogP contribution in [0.3, 0.4) is 0 Å². The summed E-state index contributed by atoms with van der Waals surface area (Å²) in [4.78, 5) is 38.2.